The normalized spacial score (nSPS) is 11.8. The number of rotatable bonds is 6. The summed E-state index contributed by atoms with van der Waals surface area (Å²) in [5.41, 5.74) is 3.59. The van der Waals surface area contributed by atoms with Crippen molar-refractivity contribution in [2.24, 2.45) is 0 Å². The number of aromatic nitrogens is 3. The van der Waals surface area contributed by atoms with E-state index in [0.717, 1.165) is 23.4 Å². The fourth-order valence-electron chi connectivity index (χ4n) is 3.66. The molecule has 0 spiro atoms. The number of alkyl halides is 2. The van der Waals surface area contributed by atoms with Gasteiger partial charge in [-0.05, 0) is 29.8 Å². The minimum Gasteiger partial charge on any atom is -0.481 e. The average molecular weight is 409 g/mol. The van der Waals surface area contributed by atoms with Crippen molar-refractivity contribution >= 4 is 11.0 Å². The summed E-state index contributed by atoms with van der Waals surface area (Å²) in [5.74, 6) is -2.43. The Morgan fingerprint density at radius 1 is 1.10 bits per heavy atom. The van der Waals surface area contributed by atoms with Crippen molar-refractivity contribution in [1.82, 2.24) is 14.5 Å². The second-order valence-corrected chi connectivity index (χ2v) is 7.12. The van der Waals surface area contributed by atoms with Crippen molar-refractivity contribution < 1.29 is 18.6 Å². The quantitative estimate of drug-likeness (QED) is 0.499. The molecule has 0 aliphatic rings. The number of ether oxygens (including phenoxy) is 1. The molecule has 3 aromatic heterocycles. The molecule has 4 aromatic rings. The van der Waals surface area contributed by atoms with E-state index in [4.69, 9.17) is 4.74 Å². The van der Waals surface area contributed by atoms with Crippen LogP contribution < -0.4 is 4.74 Å². The van der Waals surface area contributed by atoms with E-state index in [1.807, 2.05) is 22.8 Å². The predicted molar refractivity (Wildman–Crippen MR) is 111 cm³/mol. The van der Waals surface area contributed by atoms with Gasteiger partial charge in [0.2, 0.25) is 5.88 Å². The van der Waals surface area contributed by atoms with E-state index in [0.29, 0.717) is 29.3 Å². The first-order chi connectivity index (χ1) is 14.4. The van der Waals surface area contributed by atoms with Crippen LogP contribution >= 0.6 is 0 Å². The molecule has 0 radical (unpaired) electrons. The lowest BCUT2D eigenvalue weighted by Gasteiger charge is -2.14. The summed E-state index contributed by atoms with van der Waals surface area (Å²) in [6.45, 7) is 0.949. The third kappa shape index (κ3) is 3.64. The summed E-state index contributed by atoms with van der Waals surface area (Å²) >= 11 is 0. The lowest BCUT2D eigenvalue weighted by molar-refractivity contribution is 0.0174. The zero-order chi connectivity index (χ0) is 21.3. The Morgan fingerprint density at radius 3 is 2.60 bits per heavy atom. The summed E-state index contributed by atoms with van der Waals surface area (Å²) in [7, 11) is 1.55. The zero-order valence-corrected chi connectivity index (χ0v) is 16.6. The first-order valence-electron chi connectivity index (χ1n) is 9.47. The maximum atomic E-state index is 13.8. The van der Waals surface area contributed by atoms with E-state index >= 15 is 0 Å². The summed E-state index contributed by atoms with van der Waals surface area (Å²) < 4.78 is 34.6. The number of pyridine rings is 2. The van der Waals surface area contributed by atoms with Crippen LogP contribution in [0.5, 0.6) is 5.88 Å². The highest BCUT2D eigenvalue weighted by atomic mass is 19.3. The van der Waals surface area contributed by atoms with Crippen molar-refractivity contribution in [2.75, 3.05) is 7.11 Å². The van der Waals surface area contributed by atoms with Gasteiger partial charge in [0.25, 0.3) is 5.92 Å². The highest BCUT2D eigenvalue weighted by molar-refractivity contribution is 5.96. The third-order valence-corrected chi connectivity index (χ3v) is 5.08. The molecule has 3 heterocycles. The summed E-state index contributed by atoms with van der Waals surface area (Å²) in [6, 6.07) is 13.7. The van der Waals surface area contributed by atoms with Crippen LogP contribution in [-0.4, -0.2) is 26.8 Å². The lowest BCUT2D eigenvalue weighted by Crippen LogP contribution is -2.10. The molecule has 30 heavy (non-hydrogen) atoms. The van der Waals surface area contributed by atoms with E-state index in [1.54, 1.807) is 37.7 Å². The number of halogens is 2. The number of benzene rings is 1. The zero-order valence-electron chi connectivity index (χ0n) is 16.6. The van der Waals surface area contributed by atoms with E-state index < -0.39 is 5.92 Å². The molecule has 4 rings (SSSR count). The first-order valence-corrected chi connectivity index (χ1v) is 9.47. The van der Waals surface area contributed by atoms with Gasteiger partial charge in [-0.3, -0.25) is 0 Å². The molecule has 5 nitrogen and oxygen atoms in total. The molecule has 0 fully saturated rings. The van der Waals surface area contributed by atoms with Crippen LogP contribution in [0.1, 0.15) is 23.7 Å². The number of nitrogens with zero attached hydrogens (tertiary/aromatic N) is 3. The number of methoxy groups -OCH3 is 1. The fourth-order valence-corrected chi connectivity index (χ4v) is 3.66. The Hall–Kier alpha value is -3.32. The number of aliphatic hydroxyl groups is 1. The van der Waals surface area contributed by atoms with Gasteiger partial charge in [-0.2, -0.15) is 0 Å². The molecule has 0 aliphatic carbocycles. The SMILES string of the molecule is COc1ccc(-c2c(CO)n(Cc3cccc(C(C)(F)F)c3)c3ncccc23)cn1. The Labute approximate surface area is 172 Å². The number of hydrogen-bond acceptors (Lipinski definition) is 4. The molecule has 0 atom stereocenters. The van der Waals surface area contributed by atoms with Gasteiger partial charge in [-0.25, -0.2) is 18.7 Å². The van der Waals surface area contributed by atoms with Gasteiger partial charge in [0.15, 0.2) is 0 Å². The molecule has 154 valence electrons. The van der Waals surface area contributed by atoms with Crippen molar-refractivity contribution in [3.8, 4) is 17.0 Å². The summed E-state index contributed by atoms with van der Waals surface area (Å²) in [4.78, 5) is 8.77. The van der Waals surface area contributed by atoms with Gasteiger partial charge in [0.1, 0.15) is 5.65 Å². The van der Waals surface area contributed by atoms with Crippen LogP contribution in [0.3, 0.4) is 0 Å². The maximum absolute atomic E-state index is 13.8. The highest BCUT2D eigenvalue weighted by Crippen LogP contribution is 2.35. The van der Waals surface area contributed by atoms with E-state index in [2.05, 4.69) is 9.97 Å². The van der Waals surface area contributed by atoms with Gasteiger partial charge in [-0.1, -0.05) is 18.2 Å². The van der Waals surface area contributed by atoms with Gasteiger partial charge in [0, 0.05) is 54.0 Å². The molecule has 0 unspecified atom stereocenters. The number of fused-ring (bicyclic) bond motifs is 1. The summed E-state index contributed by atoms with van der Waals surface area (Å²) in [5, 5.41) is 11.1. The average Bonchev–Trinajstić information content (AvgIpc) is 3.07. The van der Waals surface area contributed by atoms with E-state index in [1.165, 1.54) is 12.1 Å². The van der Waals surface area contributed by atoms with E-state index in [-0.39, 0.29) is 12.2 Å². The number of aliphatic hydroxyl groups excluding tert-OH is 1. The van der Waals surface area contributed by atoms with Crippen molar-refractivity contribution in [3.63, 3.8) is 0 Å². The Balaban J connectivity index is 1.87. The van der Waals surface area contributed by atoms with Gasteiger partial charge in [0.05, 0.1) is 19.4 Å². The topological polar surface area (TPSA) is 60.2 Å². The molecule has 1 N–H and O–H groups in total. The van der Waals surface area contributed by atoms with Gasteiger partial charge < -0.3 is 14.4 Å². The molecular formula is C23H21F2N3O2. The molecule has 1 aromatic carbocycles. The lowest BCUT2D eigenvalue weighted by atomic mass is 10.0. The Morgan fingerprint density at radius 2 is 1.93 bits per heavy atom. The predicted octanol–water partition coefficient (Wildman–Crippen LogP) is 4.76. The second-order valence-electron chi connectivity index (χ2n) is 7.12. The van der Waals surface area contributed by atoms with Crippen LogP contribution in [0.2, 0.25) is 0 Å². The molecule has 0 saturated heterocycles. The van der Waals surface area contributed by atoms with Crippen LogP contribution in [0.4, 0.5) is 8.78 Å². The molecule has 0 saturated carbocycles. The van der Waals surface area contributed by atoms with Crippen molar-refractivity contribution in [2.45, 2.75) is 26.0 Å². The second kappa shape index (κ2) is 7.84. The fraction of sp³-hybridized carbons (Fsp3) is 0.217. The van der Waals surface area contributed by atoms with Crippen LogP contribution in [0.25, 0.3) is 22.2 Å². The molecule has 7 heteroatoms. The van der Waals surface area contributed by atoms with Gasteiger partial charge >= 0.3 is 0 Å². The van der Waals surface area contributed by atoms with Crippen LogP contribution in [0, 0.1) is 0 Å². The molecular weight excluding hydrogens is 388 g/mol. The van der Waals surface area contributed by atoms with E-state index in [9.17, 15) is 13.9 Å². The smallest absolute Gasteiger partial charge is 0.270 e. The third-order valence-electron chi connectivity index (χ3n) is 5.08. The molecule has 0 amide bonds. The summed E-state index contributed by atoms with van der Waals surface area (Å²) in [6.07, 6.45) is 3.36. The van der Waals surface area contributed by atoms with Crippen molar-refractivity contribution in [1.29, 1.82) is 0 Å². The molecule has 0 aliphatic heterocycles. The minimum absolute atomic E-state index is 0.0467. The standard InChI is InChI=1S/C23H21F2N3O2/c1-23(24,25)17-6-3-5-15(11-17)13-28-19(14-29)21(18-7-4-10-26-22(18)28)16-8-9-20(30-2)27-12-16/h3-12,29H,13-14H2,1-2H3. The largest absolute Gasteiger partial charge is 0.481 e. The monoisotopic (exact) mass is 409 g/mol. The Bertz CT molecular complexity index is 1180. The Kier molecular flexibility index (Phi) is 5.22. The van der Waals surface area contributed by atoms with Crippen LogP contribution in [0.15, 0.2) is 60.9 Å². The van der Waals surface area contributed by atoms with Crippen molar-refractivity contribution in [3.05, 3.63) is 77.7 Å². The minimum atomic E-state index is -2.92. The van der Waals surface area contributed by atoms with Crippen LogP contribution in [-0.2, 0) is 19.1 Å². The molecule has 0 bridgehead atoms. The number of hydrogen-bond donors (Lipinski definition) is 1. The highest BCUT2D eigenvalue weighted by Gasteiger charge is 2.25. The maximum Gasteiger partial charge on any atom is 0.270 e. The van der Waals surface area contributed by atoms with Gasteiger partial charge in [-0.15, -0.1) is 0 Å². The first kappa shape index (κ1) is 20.0.